The fourth-order valence-corrected chi connectivity index (χ4v) is 0. The number of rotatable bonds is 0. The Morgan fingerprint density at radius 3 is 0.750 bits per heavy atom. The third kappa shape index (κ3) is 11.6. The van der Waals surface area contributed by atoms with Crippen LogP contribution in [0.5, 0.6) is 0 Å². The summed E-state index contributed by atoms with van der Waals surface area (Å²) in [5.74, 6) is 0. The van der Waals surface area contributed by atoms with Crippen molar-refractivity contribution in [2.75, 3.05) is 0 Å². The van der Waals surface area contributed by atoms with Crippen LogP contribution in [0.1, 0.15) is 7.43 Å². The Bertz CT molecular complexity index is 6.00. The zero-order chi connectivity index (χ0) is 0. The zero-order valence-corrected chi connectivity index (χ0v) is 4.57. The van der Waals surface area contributed by atoms with Crippen LogP contribution in [0.3, 0.4) is 0 Å². The van der Waals surface area contributed by atoms with E-state index < -0.39 is 0 Å². The van der Waals surface area contributed by atoms with E-state index in [9.17, 15) is 0 Å². The SMILES string of the molecule is Br.C.Cl.Cl. The first kappa shape index (κ1) is 74.2. The predicted octanol–water partition coefficient (Wildman–Crippen LogP) is 2.06. The van der Waals surface area contributed by atoms with E-state index in [1.807, 2.05) is 0 Å². The Morgan fingerprint density at radius 1 is 0.750 bits per heavy atom. The first-order valence-corrected chi connectivity index (χ1v) is 0. The van der Waals surface area contributed by atoms with Crippen LogP contribution >= 0.6 is 41.8 Å². The van der Waals surface area contributed by atoms with Crippen LogP contribution in [0.25, 0.3) is 0 Å². The molecule has 0 aromatic carbocycles. The molecule has 0 amide bonds. The third-order valence-corrected chi connectivity index (χ3v) is 0. The Balaban J connectivity index is 0. The van der Waals surface area contributed by atoms with E-state index in [2.05, 4.69) is 0 Å². The second-order valence-electron chi connectivity index (χ2n) is 0. The Hall–Kier alpha value is 1.06. The monoisotopic (exact) mass is 168 g/mol. The molecule has 0 nitrogen and oxygen atoms in total. The van der Waals surface area contributed by atoms with Crippen molar-refractivity contribution in [1.29, 1.82) is 0 Å². The fourth-order valence-electron chi connectivity index (χ4n) is 0. The minimum atomic E-state index is 0. The standard InChI is InChI=1S/CH4.BrH.2ClH/h1H4;3*1H. The molecule has 0 fully saturated rings. The van der Waals surface area contributed by atoms with Gasteiger partial charge in [-0.15, -0.1) is 41.8 Å². The van der Waals surface area contributed by atoms with Crippen LogP contribution in [0.15, 0.2) is 0 Å². The van der Waals surface area contributed by atoms with Gasteiger partial charge in [0.05, 0.1) is 0 Å². The van der Waals surface area contributed by atoms with Gasteiger partial charge in [-0.1, -0.05) is 7.43 Å². The number of hydrogen-bond acceptors (Lipinski definition) is 0. The average Bonchev–Trinajstić information content (AvgIpc) is 0. The molecule has 0 aliphatic carbocycles. The van der Waals surface area contributed by atoms with Crippen molar-refractivity contribution in [3.63, 3.8) is 0 Å². The third-order valence-electron chi connectivity index (χ3n) is 0. The van der Waals surface area contributed by atoms with Gasteiger partial charge in [0.25, 0.3) is 0 Å². The lowest BCUT2D eigenvalue weighted by atomic mass is 12.0. The molecule has 0 aliphatic rings. The summed E-state index contributed by atoms with van der Waals surface area (Å²) in [5.41, 5.74) is 0. The minimum Gasteiger partial charge on any atom is -0.147 e. The van der Waals surface area contributed by atoms with Gasteiger partial charge < -0.3 is 0 Å². The second kappa shape index (κ2) is 33.8. The summed E-state index contributed by atoms with van der Waals surface area (Å²) in [4.78, 5) is 0. The van der Waals surface area contributed by atoms with Crippen LogP contribution in [-0.4, -0.2) is 0 Å². The highest BCUT2D eigenvalue weighted by atomic mass is 79.9. The van der Waals surface area contributed by atoms with Crippen molar-refractivity contribution in [3.8, 4) is 0 Å². The van der Waals surface area contributed by atoms with Gasteiger partial charge in [-0.3, -0.25) is 0 Å². The van der Waals surface area contributed by atoms with Gasteiger partial charge >= 0.3 is 0 Å². The molecule has 0 rings (SSSR count). The molecule has 32 valence electrons. The van der Waals surface area contributed by atoms with Crippen LogP contribution in [0.4, 0.5) is 0 Å². The molecule has 0 saturated carbocycles. The van der Waals surface area contributed by atoms with Gasteiger partial charge in [-0.05, 0) is 0 Å². The molecule has 0 aliphatic heterocycles. The summed E-state index contributed by atoms with van der Waals surface area (Å²) < 4.78 is 0. The molecular weight excluding hydrogens is 163 g/mol. The quantitative estimate of drug-likeness (QED) is 0.521. The van der Waals surface area contributed by atoms with Crippen molar-refractivity contribution in [2.45, 2.75) is 7.43 Å². The first-order chi connectivity index (χ1) is 0. The summed E-state index contributed by atoms with van der Waals surface area (Å²) in [6.07, 6.45) is 0. The molecule has 0 aromatic heterocycles. The molecule has 3 heteroatoms. The maximum absolute atomic E-state index is 0. The molecule has 0 aromatic rings. The molecule has 0 bridgehead atoms. The van der Waals surface area contributed by atoms with Crippen molar-refractivity contribution in [3.05, 3.63) is 0 Å². The molecule has 0 atom stereocenters. The highest BCUT2D eigenvalue weighted by molar-refractivity contribution is 8.93. The van der Waals surface area contributed by atoms with Gasteiger partial charge in [-0.2, -0.15) is 0 Å². The molecule has 0 unspecified atom stereocenters. The van der Waals surface area contributed by atoms with E-state index in [1.54, 1.807) is 0 Å². The molecule has 0 spiro atoms. The van der Waals surface area contributed by atoms with Gasteiger partial charge in [0, 0.05) is 0 Å². The maximum atomic E-state index is 0. The molecule has 0 saturated heterocycles. The summed E-state index contributed by atoms with van der Waals surface area (Å²) in [6.45, 7) is 0. The van der Waals surface area contributed by atoms with Gasteiger partial charge in [0.15, 0.2) is 0 Å². The van der Waals surface area contributed by atoms with Gasteiger partial charge in [0.1, 0.15) is 0 Å². The average molecular weight is 170 g/mol. The lowest BCUT2D eigenvalue weighted by molar-refractivity contribution is 2.50. The van der Waals surface area contributed by atoms with Crippen molar-refractivity contribution in [2.24, 2.45) is 0 Å². The lowest BCUT2D eigenvalue weighted by Crippen LogP contribution is 0.144. The Kier molecular flexibility index (Phi) is 628. The van der Waals surface area contributed by atoms with Crippen molar-refractivity contribution >= 4 is 41.8 Å². The van der Waals surface area contributed by atoms with E-state index in [1.165, 1.54) is 0 Å². The smallest absolute Gasteiger partial charge is 0.0776 e. The second-order valence-corrected chi connectivity index (χ2v) is 0. The van der Waals surface area contributed by atoms with Crippen LogP contribution in [0.2, 0.25) is 0 Å². The van der Waals surface area contributed by atoms with E-state index in [4.69, 9.17) is 0 Å². The lowest BCUT2D eigenvalue weighted by Gasteiger charge is -0.148. The summed E-state index contributed by atoms with van der Waals surface area (Å²) in [7, 11) is 0. The van der Waals surface area contributed by atoms with E-state index >= 15 is 0 Å². The van der Waals surface area contributed by atoms with Crippen molar-refractivity contribution in [1.82, 2.24) is 0 Å². The number of halogens is 3. The molecule has 0 N–H and O–H groups in total. The molecule has 0 radical (unpaired) electrons. The molecule has 0 heterocycles. The van der Waals surface area contributed by atoms with Crippen LogP contribution in [-0.2, 0) is 0 Å². The molecular formula is CH7BrCl2. The summed E-state index contributed by atoms with van der Waals surface area (Å²) in [5, 5.41) is 0. The Labute approximate surface area is 49.6 Å². The zero-order valence-electron chi connectivity index (χ0n) is 1.22. The van der Waals surface area contributed by atoms with E-state index in [0.717, 1.165) is 0 Å². The minimum absolute atomic E-state index is 0. The van der Waals surface area contributed by atoms with E-state index in [0.29, 0.717) is 0 Å². The molecule has 4 heavy (non-hydrogen) atoms. The summed E-state index contributed by atoms with van der Waals surface area (Å²) in [6, 6.07) is 0. The normalized spacial score (nSPS) is 0. The highest BCUT2D eigenvalue weighted by Crippen LogP contribution is 0.846. The van der Waals surface area contributed by atoms with Gasteiger partial charge in [-0.25, -0.2) is 0 Å². The fraction of sp³-hybridized carbons (Fsp3) is 1.00. The predicted molar refractivity (Wildman–Crippen MR) is 31.5 cm³/mol. The largest absolute Gasteiger partial charge is 0.147 e. The Morgan fingerprint density at radius 2 is 0.750 bits per heavy atom. The van der Waals surface area contributed by atoms with E-state index in [-0.39, 0.29) is 49.2 Å². The highest BCUT2D eigenvalue weighted by Gasteiger charge is -0.0775. The van der Waals surface area contributed by atoms with Crippen LogP contribution in [0, 0.1) is 0 Å². The number of hydrogen-bond donors (Lipinski definition) is 0. The van der Waals surface area contributed by atoms with Gasteiger partial charge in [0.2, 0.25) is 0 Å². The van der Waals surface area contributed by atoms with Crippen molar-refractivity contribution < 1.29 is 0 Å². The van der Waals surface area contributed by atoms with Crippen LogP contribution < -0.4 is 0 Å². The summed E-state index contributed by atoms with van der Waals surface area (Å²) >= 11 is 0. The maximum Gasteiger partial charge on any atom is -0.0776 e. The first-order valence-electron chi connectivity index (χ1n) is 0. The topological polar surface area (TPSA) is 0 Å².